The Morgan fingerprint density at radius 2 is 1.91 bits per heavy atom. The van der Waals surface area contributed by atoms with Crippen molar-refractivity contribution >= 4 is 43.4 Å². The summed E-state index contributed by atoms with van der Waals surface area (Å²) < 4.78 is 18.7. The number of carbonyl (C=O) groups is 4. The van der Waals surface area contributed by atoms with Crippen LogP contribution in [0.3, 0.4) is 0 Å². The van der Waals surface area contributed by atoms with E-state index >= 15 is 0 Å². The fourth-order valence-electron chi connectivity index (χ4n) is 2.11. The molecule has 1 fully saturated rings. The van der Waals surface area contributed by atoms with Crippen LogP contribution < -0.4 is 10.6 Å². The van der Waals surface area contributed by atoms with Gasteiger partial charge in [0.25, 0.3) is 0 Å². The molecule has 4 N–H and O–H groups in total. The minimum Gasteiger partial charge on any atom is -0.432 e. The van der Waals surface area contributed by atoms with Gasteiger partial charge in [0.1, 0.15) is 0 Å². The van der Waals surface area contributed by atoms with E-state index in [2.05, 4.69) is 20.1 Å². The monoisotopic (exact) mass is 504 g/mol. The van der Waals surface area contributed by atoms with Gasteiger partial charge in [-0.3, -0.25) is 18.9 Å². The zero-order chi connectivity index (χ0) is 24.7. The van der Waals surface area contributed by atoms with Crippen molar-refractivity contribution in [2.45, 2.75) is 53.2 Å². The van der Waals surface area contributed by atoms with Crippen LogP contribution in [0.1, 0.15) is 43.9 Å². The Labute approximate surface area is 196 Å². The molecule has 0 bridgehead atoms. The fraction of sp³-hybridized carbons (Fsp3) is 0.778. The molecule has 12 nitrogen and oxygen atoms in total. The highest BCUT2D eigenvalue weighted by molar-refractivity contribution is 8.13. The molecular weight excluding hydrogens is 467 g/mol. The van der Waals surface area contributed by atoms with Gasteiger partial charge in [-0.1, -0.05) is 25.6 Å². The van der Waals surface area contributed by atoms with E-state index in [4.69, 9.17) is 14.2 Å². The quantitative estimate of drug-likeness (QED) is 0.155. The standard InChI is InChI=1S/C13H23N2O6PS.C5H10O4.2H2/c1-9(16)23-7-6-14-10(17)4-5-15-12(18)11-13(2,3)8-20-22(19)21-11;1-4(2)9-5(7)8-3-6;;/h11,19H,4-8H2,1-3H3,(H,14,17)(H,15,18);4,6H,3H2,1-2H3;2*1H/t11-,22?;;;/m0.../s1. The van der Waals surface area contributed by atoms with Gasteiger partial charge in [0.05, 0.1) is 12.7 Å². The number of rotatable bonds is 9. The molecule has 2 atom stereocenters. The Hall–Kier alpha value is -1.50. The Balaban J connectivity index is -0.000000747. The number of hydrogen-bond acceptors (Lipinski definition) is 11. The van der Waals surface area contributed by atoms with E-state index in [-0.39, 0.29) is 45.5 Å². The average molecular weight is 505 g/mol. The van der Waals surface area contributed by atoms with Gasteiger partial charge in [-0.25, -0.2) is 4.79 Å². The highest BCUT2D eigenvalue weighted by Gasteiger charge is 2.43. The van der Waals surface area contributed by atoms with Gasteiger partial charge in [-0.2, -0.15) is 0 Å². The molecule has 0 saturated carbocycles. The molecule has 1 rings (SSSR count). The predicted molar refractivity (Wildman–Crippen MR) is 122 cm³/mol. The van der Waals surface area contributed by atoms with Crippen LogP contribution in [0, 0.1) is 5.41 Å². The lowest BCUT2D eigenvalue weighted by Gasteiger charge is -2.37. The van der Waals surface area contributed by atoms with E-state index in [1.165, 1.54) is 6.92 Å². The number of hydrogen-bond donors (Lipinski definition) is 4. The highest BCUT2D eigenvalue weighted by atomic mass is 32.2. The summed E-state index contributed by atoms with van der Waals surface area (Å²) in [6, 6.07) is 0. The molecule has 1 aliphatic rings. The summed E-state index contributed by atoms with van der Waals surface area (Å²) in [6.45, 7) is 8.63. The third-order valence-corrected chi connectivity index (χ3v) is 5.14. The summed E-state index contributed by atoms with van der Waals surface area (Å²) in [5.74, 6) is -0.0526. The Kier molecular flexibility index (Phi) is 15.4. The van der Waals surface area contributed by atoms with E-state index in [0.717, 1.165) is 11.8 Å². The Morgan fingerprint density at radius 3 is 2.47 bits per heavy atom. The summed E-state index contributed by atoms with van der Waals surface area (Å²) in [7, 11) is -2.03. The summed E-state index contributed by atoms with van der Waals surface area (Å²) in [5, 5.41) is 13.3. The molecule has 0 radical (unpaired) electrons. The maximum atomic E-state index is 12.1. The lowest BCUT2D eigenvalue weighted by atomic mass is 9.87. The third-order valence-electron chi connectivity index (χ3n) is 3.59. The van der Waals surface area contributed by atoms with Gasteiger partial charge in [0.15, 0.2) is 18.0 Å². The van der Waals surface area contributed by atoms with Crippen LogP contribution in [0.15, 0.2) is 0 Å². The van der Waals surface area contributed by atoms with Gasteiger partial charge < -0.3 is 34.6 Å². The molecule has 2 amide bonds. The molecular formula is C18H37N2O10PS. The van der Waals surface area contributed by atoms with Gasteiger partial charge in [0.2, 0.25) is 11.8 Å². The number of carbonyl (C=O) groups excluding carboxylic acids is 4. The van der Waals surface area contributed by atoms with Gasteiger partial charge >= 0.3 is 14.8 Å². The SMILES string of the molecule is CC(=O)SCCNC(=O)CCNC(=O)[C@@H]1OP(O)OCC1(C)C.CC(C)OC(=O)OCO.[HH].[HH]. The van der Waals surface area contributed by atoms with Gasteiger partial charge in [-0.05, 0) is 13.8 Å². The van der Waals surface area contributed by atoms with Gasteiger partial charge in [0, 0.05) is 40.5 Å². The number of aliphatic hydroxyl groups is 1. The van der Waals surface area contributed by atoms with Crippen molar-refractivity contribution in [1.29, 1.82) is 0 Å². The molecule has 32 heavy (non-hydrogen) atoms. The molecule has 0 aromatic rings. The van der Waals surface area contributed by atoms with Crippen LogP contribution in [0.2, 0.25) is 0 Å². The first kappa shape index (κ1) is 30.5. The molecule has 0 spiro atoms. The zero-order valence-electron chi connectivity index (χ0n) is 18.9. The number of nitrogens with one attached hydrogen (secondary N) is 2. The predicted octanol–water partition coefficient (Wildman–Crippen LogP) is 1.54. The summed E-state index contributed by atoms with van der Waals surface area (Å²) >= 11 is 1.15. The van der Waals surface area contributed by atoms with Crippen LogP contribution in [0.25, 0.3) is 0 Å². The third kappa shape index (κ3) is 14.5. The minimum atomic E-state index is -2.03. The first-order chi connectivity index (χ1) is 14.9. The number of ether oxygens (including phenoxy) is 2. The van der Waals surface area contributed by atoms with Crippen molar-refractivity contribution in [3.63, 3.8) is 0 Å². The van der Waals surface area contributed by atoms with Crippen molar-refractivity contribution in [2.75, 3.05) is 32.2 Å². The van der Waals surface area contributed by atoms with Crippen molar-refractivity contribution in [2.24, 2.45) is 5.41 Å². The van der Waals surface area contributed by atoms with Crippen molar-refractivity contribution < 1.29 is 50.6 Å². The summed E-state index contributed by atoms with van der Waals surface area (Å²) in [6.07, 6.45) is -1.73. The van der Waals surface area contributed by atoms with Crippen LogP contribution in [-0.4, -0.2) is 77.5 Å². The lowest BCUT2D eigenvalue weighted by molar-refractivity contribution is -0.139. The molecule has 1 saturated heterocycles. The second kappa shape index (κ2) is 16.2. The molecule has 0 aromatic heterocycles. The molecule has 190 valence electrons. The maximum Gasteiger partial charge on any atom is 0.510 e. The van der Waals surface area contributed by atoms with E-state index in [0.29, 0.717) is 12.3 Å². The van der Waals surface area contributed by atoms with Crippen molar-refractivity contribution in [1.82, 2.24) is 10.6 Å². The van der Waals surface area contributed by atoms with Gasteiger partial charge in [-0.15, -0.1) is 0 Å². The fourth-order valence-corrected chi connectivity index (χ4v) is 3.67. The summed E-state index contributed by atoms with van der Waals surface area (Å²) in [5.41, 5.74) is -0.558. The number of aliphatic hydroxyl groups excluding tert-OH is 1. The molecule has 0 aromatic carbocycles. The highest BCUT2D eigenvalue weighted by Crippen LogP contribution is 2.46. The summed E-state index contributed by atoms with van der Waals surface area (Å²) in [4.78, 5) is 54.1. The Morgan fingerprint density at radius 1 is 1.25 bits per heavy atom. The number of thioether (sulfide) groups is 1. The lowest BCUT2D eigenvalue weighted by Crippen LogP contribution is -2.49. The van der Waals surface area contributed by atoms with Crippen molar-refractivity contribution in [3.8, 4) is 0 Å². The second-order valence-corrected chi connectivity index (χ2v) is 9.62. The second-order valence-electron chi connectivity index (χ2n) is 7.41. The smallest absolute Gasteiger partial charge is 0.432 e. The molecule has 1 heterocycles. The zero-order valence-corrected chi connectivity index (χ0v) is 20.6. The first-order valence-corrected chi connectivity index (χ1v) is 11.9. The number of amides is 2. The molecule has 0 aliphatic carbocycles. The van der Waals surface area contributed by atoms with E-state index in [1.807, 2.05) is 0 Å². The van der Waals surface area contributed by atoms with Crippen LogP contribution >= 0.6 is 20.4 Å². The first-order valence-electron chi connectivity index (χ1n) is 9.79. The van der Waals surface area contributed by atoms with E-state index < -0.39 is 33.1 Å². The van der Waals surface area contributed by atoms with Crippen LogP contribution in [0.4, 0.5) is 4.79 Å². The molecule has 1 unspecified atom stereocenters. The largest absolute Gasteiger partial charge is 0.510 e. The maximum absolute atomic E-state index is 12.1. The van der Waals surface area contributed by atoms with E-state index in [9.17, 15) is 24.1 Å². The van der Waals surface area contributed by atoms with Crippen LogP contribution in [0.5, 0.6) is 0 Å². The van der Waals surface area contributed by atoms with Crippen LogP contribution in [-0.2, 0) is 32.9 Å². The van der Waals surface area contributed by atoms with E-state index in [1.54, 1.807) is 27.7 Å². The topological polar surface area (TPSA) is 170 Å². The normalized spacial score (nSPS) is 19.2. The van der Waals surface area contributed by atoms with Crippen molar-refractivity contribution in [3.05, 3.63) is 0 Å². The Bertz CT molecular complexity index is 632. The molecule has 1 aliphatic heterocycles. The minimum absolute atomic E-state index is 0. The molecule has 14 heteroatoms. The average Bonchev–Trinajstić information content (AvgIpc) is 2.67.